The molecule has 3 aromatic heterocycles. The zero-order chi connectivity index (χ0) is 20.2. The monoisotopic (exact) mass is 397 g/mol. The van der Waals surface area contributed by atoms with Gasteiger partial charge in [-0.2, -0.15) is 9.61 Å². The molecule has 1 N–H and O–H groups in total. The molecule has 0 unspecified atom stereocenters. The Balaban J connectivity index is 1.51. The fourth-order valence-corrected chi connectivity index (χ4v) is 4.43. The SMILES string of the molecule is c1ccc(-c2cc(NCc3cccnc3)n3ncc(CC4CCCCC4)c3n2)cc1. The zero-order valence-electron chi connectivity index (χ0n) is 17.2. The molecule has 3 heterocycles. The molecule has 5 rings (SSSR count). The van der Waals surface area contributed by atoms with Gasteiger partial charge in [-0.25, -0.2) is 4.98 Å². The molecular formula is C25H27N5. The summed E-state index contributed by atoms with van der Waals surface area (Å²) in [5.41, 5.74) is 5.45. The Kier molecular flexibility index (Phi) is 5.42. The summed E-state index contributed by atoms with van der Waals surface area (Å²) < 4.78 is 1.96. The highest BCUT2D eigenvalue weighted by Crippen LogP contribution is 2.30. The zero-order valence-corrected chi connectivity index (χ0v) is 17.2. The van der Waals surface area contributed by atoms with Crippen molar-refractivity contribution >= 4 is 11.5 Å². The standard InChI is InChI=1S/C25H27N5/c1-3-8-19(9-4-1)14-22-18-28-30-24(27-17-20-10-7-13-26-16-20)15-23(29-25(22)30)21-11-5-2-6-12-21/h2,5-7,10-13,15-16,18-19,27H,1,3-4,8-9,14,17H2. The summed E-state index contributed by atoms with van der Waals surface area (Å²) in [7, 11) is 0. The van der Waals surface area contributed by atoms with Gasteiger partial charge in [0.15, 0.2) is 5.65 Å². The van der Waals surface area contributed by atoms with E-state index in [9.17, 15) is 0 Å². The lowest BCUT2D eigenvalue weighted by atomic mass is 9.85. The second-order valence-electron chi connectivity index (χ2n) is 8.22. The highest BCUT2D eigenvalue weighted by atomic mass is 15.3. The van der Waals surface area contributed by atoms with Crippen LogP contribution < -0.4 is 5.32 Å². The van der Waals surface area contributed by atoms with E-state index < -0.39 is 0 Å². The first-order chi connectivity index (χ1) is 14.9. The van der Waals surface area contributed by atoms with Crippen molar-refractivity contribution in [2.24, 2.45) is 5.92 Å². The predicted molar refractivity (Wildman–Crippen MR) is 120 cm³/mol. The molecule has 1 aliphatic carbocycles. The van der Waals surface area contributed by atoms with Gasteiger partial charge in [0.2, 0.25) is 0 Å². The van der Waals surface area contributed by atoms with Crippen LogP contribution in [0.3, 0.4) is 0 Å². The van der Waals surface area contributed by atoms with E-state index in [2.05, 4.69) is 46.7 Å². The average Bonchev–Trinajstić information content (AvgIpc) is 3.22. The molecule has 1 aromatic carbocycles. The van der Waals surface area contributed by atoms with Gasteiger partial charge in [0, 0.05) is 36.1 Å². The molecule has 1 fully saturated rings. The van der Waals surface area contributed by atoms with E-state index in [-0.39, 0.29) is 0 Å². The summed E-state index contributed by atoms with van der Waals surface area (Å²) in [5.74, 6) is 1.71. The minimum atomic E-state index is 0.693. The van der Waals surface area contributed by atoms with Gasteiger partial charge in [-0.15, -0.1) is 0 Å². The van der Waals surface area contributed by atoms with Gasteiger partial charge in [-0.3, -0.25) is 4.98 Å². The molecular weight excluding hydrogens is 370 g/mol. The molecule has 4 aromatic rings. The van der Waals surface area contributed by atoms with Crippen LogP contribution in [0.5, 0.6) is 0 Å². The summed E-state index contributed by atoms with van der Waals surface area (Å²) in [5, 5.41) is 8.26. The van der Waals surface area contributed by atoms with Gasteiger partial charge in [0.05, 0.1) is 11.9 Å². The topological polar surface area (TPSA) is 55.1 Å². The first-order valence-electron chi connectivity index (χ1n) is 10.9. The number of benzene rings is 1. The summed E-state index contributed by atoms with van der Waals surface area (Å²) in [6.07, 6.45) is 13.5. The average molecular weight is 398 g/mol. The van der Waals surface area contributed by atoms with E-state index in [1.807, 2.05) is 29.0 Å². The van der Waals surface area contributed by atoms with Gasteiger partial charge >= 0.3 is 0 Å². The second-order valence-corrected chi connectivity index (χ2v) is 8.22. The summed E-state index contributed by atoms with van der Waals surface area (Å²) >= 11 is 0. The second kappa shape index (κ2) is 8.66. The highest BCUT2D eigenvalue weighted by Gasteiger charge is 2.18. The number of fused-ring (bicyclic) bond motifs is 1. The number of pyridine rings is 1. The molecule has 0 bridgehead atoms. The van der Waals surface area contributed by atoms with Gasteiger partial charge < -0.3 is 5.32 Å². The fraction of sp³-hybridized carbons (Fsp3) is 0.320. The Bertz CT molecular complexity index is 1100. The Hall–Kier alpha value is -3.21. The number of nitrogens with zero attached hydrogens (tertiary/aromatic N) is 4. The van der Waals surface area contributed by atoms with Crippen LogP contribution in [0.4, 0.5) is 5.82 Å². The Labute approximate surface area is 177 Å². The predicted octanol–water partition coefficient (Wildman–Crippen LogP) is 5.53. The van der Waals surface area contributed by atoms with Crippen LogP contribution in [0.2, 0.25) is 0 Å². The van der Waals surface area contributed by atoms with Gasteiger partial charge in [0.25, 0.3) is 0 Å². The van der Waals surface area contributed by atoms with Crippen LogP contribution in [0, 0.1) is 5.92 Å². The molecule has 0 spiro atoms. The van der Waals surface area contributed by atoms with E-state index in [1.54, 1.807) is 6.20 Å². The van der Waals surface area contributed by atoms with Crippen molar-refractivity contribution in [2.75, 3.05) is 5.32 Å². The normalized spacial score (nSPS) is 14.8. The first-order valence-corrected chi connectivity index (χ1v) is 10.9. The lowest BCUT2D eigenvalue weighted by molar-refractivity contribution is 0.357. The third kappa shape index (κ3) is 4.06. The van der Waals surface area contributed by atoms with Crippen LogP contribution in [-0.2, 0) is 13.0 Å². The van der Waals surface area contributed by atoms with Crippen molar-refractivity contribution in [1.29, 1.82) is 0 Å². The molecule has 0 aliphatic heterocycles. The van der Waals surface area contributed by atoms with Crippen LogP contribution >= 0.6 is 0 Å². The minimum Gasteiger partial charge on any atom is -0.366 e. The molecule has 1 aliphatic rings. The quantitative estimate of drug-likeness (QED) is 0.465. The third-order valence-corrected chi connectivity index (χ3v) is 6.04. The largest absolute Gasteiger partial charge is 0.366 e. The molecule has 0 atom stereocenters. The van der Waals surface area contributed by atoms with Crippen LogP contribution in [-0.4, -0.2) is 19.6 Å². The Morgan fingerprint density at radius 1 is 0.967 bits per heavy atom. The van der Waals surface area contributed by atoms with Crippen molar-refractivity contribution in [1.82, 2.24) is 19.6 Å². The lowest BCUT2D eigenvalue weighted by Gasteiger charge is -2.20. The smallest absolute Gasteiger partial charge is 0.161 e. The van der Waals surface area contributed by atoms with E-state index in [4.69, 9.17) is 10.1 Å². The van der Waals surface area contributed by atoms with Crippen LogP contribution in [0.25, 0.3) is 16.9 Å². The number of rotatable bonds is 6. The molecule has 5 heteroatoms. The van der Waals surface area contributed by atoms with E-state index >= 15 is 0 Å². The fourth-order valence-electron chi connectivity index (χ4n) is 4.43. The number of nitrogens with one attached hydrogen (secondary N) is 1. The third-order valence-electron chi connectivity index (χ3n) is 6.04. The van der Waals surface area contributed by atoms with Crippen molar-refractivity contribution < 1.29 is 0 Å². The molecule has 0 radical (unpaired) electrons. The minimum absolute atomic E-state index is 0.693. The number of hydrogen-bond acceptors (Lipinski definition) is 4. The van der Waals surface area contributed by atoms with Crippen molar-refractivity contribution in [2.45, 2.75) is 45.1 Å². The molecule has 0 amide bonds. The van der Waals surface area contributed by atoms with Crippen LogP contribution in [0.1, 0.15) is 43.2 Å². The Morgan fingerprint density at radius 2 is 1.83 bits per heavy atom. The van der Waals surface area contributed by atoms with Gasteiger partial charge in [0.1, 0.15) is 5.82 Å². The molecule has 152 valence electrons. The van der Waals surface area contributed by atoms with Crippen molar-refractivity contribution in [3.63, 3.8) is 0 Å². The van der Waals surface area contributed by atoms with Gasteiger partial charge in [-0.1, -0.05) is 68.5 Å². The van der Waals surface area contributed by atoms with E-state index in [1.165, 1.54) is 37.7 Å². The molecule has 5 nitrogen and oxygen atoms in total. The lowest BCUT2D eigenvalue weighted by Crippen LogP contribution is -2.10. The number of anilines is 1. The highest BCUT2D eigenvalue weighted by molar-refractivity contribution is 5.67. The maximum atomic E-state index is 5.03. The number of hydrogen-bond donors (Lipinski definition) is 1. The summed E-state index contributed by atoms with van der Waals surface area (Å²) in [4.78, 5) is 9.25. The molecule has 1 saturated carbocycles. The summed E-state index contributed by atoms with van der Waals surface area (Å²) in [6, 6.07) is 16.5. The van der Waals surface area contributed by atoms with E-state index in [0.717, 1.165) is 40.6 Å². The van der Waals surface area contributed by atoms with Gasteiger partial charge in [-0.05, 0) is 24.0 Å². The molecule has 0 saturated heterocycles. The Morgan fingerprint density at radius 3 is 2.63 bits per heavy atom. The summed E-state index contributed by atoms with van der Waals surface area (Å²) in [6.45, 7) is 0.693. The first kappa shape index (κ1) is 18.8. The maximum absolute atomic E-state index is 5.03. The van der Waals surface area contributed by atoms with Crippen LogP contribution in [0.15, 0.2) is 67.1 Å². The van der Waals surface area contributed by atoms with Crippen molar-refractivity contribution in [3.05, 3.63) is 78.2 Å². The molecule has 30 heavy (non-hydrogen) atoms. The van der Waals surface area contributed by atoms with Crippen molar-refractivity contribution in [3.8, 4) is 11.3 Å². The maximum Gasteiger partial charge on any atom is 0.161 e. The van der Waals surface area contributed by atoms with E-state index in [0.29, 0.717) is 6.54 Å². The number of aromatic nitrogens is 4.